The molecule has 0 radical (unpaired) electrons. The number of likely N-dealkylation sites (tertiary alicyclic amines) is 1. The van der Waals surface area contributed by atoms with Gasteiger partial charge in [-0.05, 0) is 37.5 Å². The van der Waals surface area contributed by atoms with E-state index in [4.69, 9.17) is 9.84 Å². The van der Waals surface area contributed by atoms with E-state index in [2.05, 4.69) is 11.8 Å². The SMILES string of the molecule is COC1CCCN(C(=O)c2ccc(C)cc2C#CCO)C1. The van der Waals surface area contributed by atoms with Crippen LogP contribution < -0.4 is 0 Å². The molecule has 21 heavy (non-hydrogen) atoms. The number of hydrogen-bond acceptors (Lipinski definition) is 3. The first-order valence-electron chi connectivity index (χ1n) is 7.18. The molecule has 1 aromatic rings. The summed E-state index contributed by atoms with van der Waals surface area (Å²) in [6.07, 6.45) is 2.05. The van der Waals surface area contributed by atoms with Crippen molar-refractivity contribution in [2.75, 3.05) is 26.8 Å². The van der Waals surface area contributed by atoms with Crippen molar-refractivity contribution in [1.29, 1.82) is 0 Å². The maximum Gasteiger partial charge on any atom is 0.255 e. The maximum absolute atomic E-state index is 12.7. The molecule has 1 aliphatic rings. The second kappa shape index (κ2) is 7.26. The van der Waals surface area contributed by atoms with E-state index < -0.39 is 0 Å². The standard InChI is InChI=1S/C17H21NO3/c1-13-7-8-16(14(11-13)5-4-10-19)17(20)18-9-3-6-15(12-18)21-2/h7-8,11,15,19H,3,6,9-10,12H2,1-2H3. The van der Waals surface area contributed by atoms with Crippen molar-refractivity contribution in [3.63, 3.8) is 0 Å². The monoisotopic (exact) mass is 287 g/mol. The Hall–Kier alpha value is -1.83. The lowest BCUT2D eigenvalue weighted by Crippen LogP contribution is -2.43. The summed E-state index contributed by atoms with van der Waals surface area (Å²) >= 11 is 0. The molecule has 0 spiro atoms. The van der Waals surface area contributed by atoms with Crippen LogP contribution in [0.3, 0.4) is 0 Å². The van der Waals surface area contributed by atoms with Gasteiger partial charge in [-0.2, -0.15) is 0 Å². The number of hydrogen-bond donors (Lipinski definition) is 1. The fraction of sp³-hybridized carbons (Fsp3) is 0.471. The number of carbonyl (C=O) groups excluding carboxylic acids is 1. The smallest absolute Gasteiger partial charge is 0.255 e. The second-order valence-electron chi connectivity index (χ2n) is 5.26. The van der Waals surface area contributed by atoms with Crippen molar-refractivity contribution in [3.05, 3.63) is 34.9 Å². The minimum Gasteiger partial charge on any atom is -0.384 e. The Morgan fingerprint density at radius 1 is 1.52 bits per heavy atom. The Kier molecular flexibility index (Phi) is 5.38. The van der Waals surface area contributed by atoms with E-state index in [1.807, 2.05) is 30.0 Å². The van der Waals surface area contributed by atoms with Gasteiger partial charge < -0.3 is 14.7 Å². The Bertz CT molecular complexity index is 571. The second-order valence-corrected chi connectivity index (χ2v) is 5.26. The van der Waals surface area contributed by atoms with Crippen LogP contribution in [0, 0.1) is 18.8 Å². The van der Waals surface area contributed by atoms with Gasteiger partial charge in [-0.25, -0.2) is 0 Å². The zero-order valence-corrected chi connectivity index (χ0v) is 12.6. The molecule has 1 atom stereocenters. The van der Waals surface area contributed by atoms with Gasteiger partial charge in [-0.15, -0.1) is 0 Å². The lowest BCUT2D eigenvalue weighted by Gasteiger charge is -2.32. The predicted octanol–water partition coefficient (Wildman–Crippen LogP) is 1.59. The molecule has 0 aromatic heterocycles. The molecular formula is C17H21NO3. The quantitative estimate of drug-likeness (QED) is 0.840. The first-order valence-corrected chi connectivity index (χ1v) is 7.18. The Morgan fingerprint density at radius 3 is 3.05 bits per heavy atom. The number of aliphatic hydroxyl groups is 1. The molecule has 1 aliphatic heterocycles. The van der Waals surface area contributed by atoms with Crippen molar-refractivity contribution in [1.82, 2.24) is 4.90 Å². The summed E-state index contributed by atoms with van der Waals surface area (Å²) < 4.78 is 5.37. The van der Waals surface area contributed by atoms with Crippen LogP contribution in [0.1, 0.15) is 34.3 Å². The van der Waals surface area contributed by atoms with Crippen LogP contribution in [-0.2, 0) is 4.74 Å². The molecule has 2 rings (SSSR count). The van der Waals surface area contributed by atoms with Gasteiger partial charge in [0, 0.05) is 25.8 Å². The van der Waals surface area contributed by atoms with E-state index in [0.29, 0.717) is 17.7 Å². The van der Waals surface area contributed by atoms with Gasteiger partial charge in [-0.3, -0.25) is 4.79 Å². The van der Waals surface area contributed by atoms with Crippen LogP contribution in [0.15, 0.2) is 18.2 Å². The van der Waals surface area contributed by atoms with Crippen molar-refractivity contribution in [2.45, 2.75) is 25.9 Å². The number of piperidine rings is 1. The first kappa shape index (κ1) is 15.6. The highest BCUT2D eigenvalue weighted by molar-refractivity contribution is 5.97. The minimum atomic E-state index is -0.211. The molecule has 1 heterocycles. The highest BCUT2D eigenvalue weighted by atomic mass is 16.5. The number of amides is 1. The summed E-state index contributed by atoms with van der Waals surface area (Å²) in [5.74, 6) is 5.48. The molecule has 1 saturated heterocycles. The Labute approximate surface area is 125 Å². The normalized spacial score (nSPS) is 18.0. The molecule has 1 amide bonds. The fourth-order valence-corrected chi connectivity index (χ4v) is 2.57. The zero-order valence-electron chi connectivity index (χ0n) is 12.6. The summed E-state index contributed by atoms with van der Waals surface area (Å²) in [5.41, 5.74) is 2.31. The average Bonchev–Trinajstić information content (AvgIpc) is 2.52. The van der Waals surface area contributed by atoms with Gasteiger partial charge in [0.15, 0.2) is 0 Å². The van der Waals surface area contributed by atoms with Gasteiger partial charge >= 0.3 is 0 Å². The maximum atomic E-state index is 12.7. The van der Waals surface area contributed by atoms with Gasteiger partial charge in [0.05, 0.1) is 11.7 Å². The predicted molar refractivity (Wildman–Crippen MR) is 81.1 cm³/mol. The van der Waals surface area contributed by atoms with E-state index in [0.717, 1.165) is 24.9 Å². The van der Waals surface area contributed by atoms with E-state index >= 15 is 0 Å². The number of ether oxygens (including phenoxy) is 1. The molecule has 1 aromatic carbocycles. The number of methoxy groups -OCH3 is 1. The van der Waals surface area contributed by atoms with Crippen molar-refractivity contribution in [3.8, 4) is 11.8 Å². The molecule has 1 fully saturated rings. The first-order chi connectivity index (χ1) is 10.2. The molecule has 4 nitrogen and oxygen atoms in total. The van der Waals surface area contributed by atoms with Crippen LogP contribution in [0.4, 0.5) is 0 Å². The number of carbonyl (C=O) groups is 1. The third kappa shape index (κ3) is 3.84. The number of benzene rings is 1. The number of rotatable bonds is 2. The van der Waals surface area contributed by atoms with Crippen LogP contribution in [0.2, 0.25) is 0 Å². The molecule has 1 unspecified atom stereocenters. The fourth-order valence-electron chi connectivity index (χ4n) is 2.57. The molecule has 4 heteroatoms. The topological polar surface area (TPSA) is 49.8 Å². The van der Waals surface area contributed by atoms with Crippen molar-refractivity contribution < 1.29 is 14.6 Å². The third-order valence-electron chi connectivity index (χ3n) is 3.71. The average molecular weight is 287 g/mol. The third-order valence-corrected chi connectivity index (χ3v) is 3.71. The van der Waals surface area contributed by atoms with Gasteiger partial charge in [0.1, 0.15) is 6.61 Å². The van der Waals surface area contributed by atoms with E-state index in [9.17, 15) is 4.79 Å². The summed E-state index contributed by atoms with van der Waals surface area (Å²) in [7, 11) is 1.68. The summed E-state index contributed by atoms with van der Waals surface area (Å²) in [6, 6.07) is 5.61. The summed E-state index contributed by atoms with van der Waals surface area (Å²) in [4.78, 5) is 14.5. The van der Waals surface area contributed by atoms with Gasteiger partial charge in [-0.1, -0.05) is 17.9 Å². The number of aliphatic hydroxyl groups excluding tert-OH is 1. The van der Waals surface area contributed by atoms with Gasteiger partial charge in [0.25, 0.3) is 5.91 Å². The molecule has 112 valence electrons. The lowest BCUT2D eigenvalue weighted by molar-refractivity contribution is 0.0269. The Morgan fingerprint density at radius 2 is 2.33 bits per heavy atom. The van der Waals surface area contributed by atoms with E-state index in [1.165, 1.54) is 0 Å². The van der Waals surface area contributed by atoms with Crippen LogP contribution in [-0.4, -0.2) is 48.8 Å². The minimum absolute atomic E-state index is 0.0148. The van der Waals surface area contributed by atoms with E-state index in [1.54, 1.807) is 7.11 Å². The molecule has 0 bridgehead atoms. The highest BCUT2D eigenvalue weighted by Crippen LogP contribution is 2.18. The van der Waals surface area contributed by atoms with Crippen molar-refractivity contribution >= 4 is 5.91 Å². The van der Waals surface area contributed by atoms with Crippen LogP contribution >= 0.6 is 0 Å². The summed E-state index contributed by atoms with van der Waals surface area (Å²) in [5, 5.41) is 8.86. The molecular weight excluding hydrogens is 266 g/mol. The molecule has 1 N–H and O–H groups in total. The zero-order chi connectivity index (χ0) is 15.2. The largest absolute Gasteiger partial charge is 0.384 e. The van der Waals surface area contributed by atoms with Crippen LogP contribution in [0.25, 0.3) is 0 Å². The van der Waals surface area contributed by atoms with Gasteiger partial charge in [0.2, 0.25) is 0 Å². The van der Waals surface area contributed by atoms with E-state index in [-0.39, 0.29) is 18.6 Å². The highest BCUT2D eigenvalue weighted by Gasteiger charge is 2.25. The number of aryl methyl sites for hydroxylation is 1. The molecule has 0 aliphatic carbocycles. The van der Waals surface area contributed by atoms with Crippen LogP contribution in [0.5, 0.6) is 0 Å². The summed E-state index contributed by atoms with van der Waals surface area (Å²) in [6.45, 7) is 3.12. The van der Waals surface area contributed by atoms with Crippen molar-refractivity contribution in [2.24, 2.45) is 0 Å². The lowest BCUT2D eigenvalue weighted by atomic mass is 10.0. The number of nitrogens with zero attached hydrogens (tertiary/aromatic N) is 1. The molecule has 0 saturated carbocycles. The Balaban J connectivity index is 2.26.